The van der Waals surface area contributed by atoms with Gasteiger partial charge in [0.1, 0.15) is 0 Å². The summed E-state index contributed by atoms with van der Waals surface area (Å²) < 4.78 is 0. The largest absolute Gasteiger partial charge is 0.369 e. The van der Waals surface area contributed by atoms with Crippen LogP contribution in [0.25, 0.3) is 0 Å². The number of para-hydroxylation sites is 1. The van der Waals surface area contributed by atoms with Gasteiger partial charge in [-0.1, -0.05) is 38.0 Å². The molecular formula is C14H21N3O2. The number of hydrogen-bond donors (Lipinski definition) is 3. The van der Waals surface area contributed by atoms with Crippen molar-refractivity contribution in [3.8, 4) is 0 Å². The Kier molecular flexibility index (Phi) is 6.02. The number of rotatable bonds is 7. The molecule has 0 aliphatic rings. The third-order valence-corrected chi connectivity index (χ3v) is 2.85. The van der Waals surface area contributed by atoms with Crippen molar-refractivity contribution in [3.05, 3.63) is 29.8 Å². The first-order valence-electron chi connectivity index (χ1n) is 6.47. The van der Waals surface area contributed by atoms with Crippen LogP contribution in [0.5, 0.6) is 0 Å². The highest BCUT2D eigenvalue weighted by Gasteiger charge is 2.14. The minimum atomic E-state index is -0.526. The predicted molar refractivity (Wildman–Crippen MR) is 75.5 cm³/mol. The van der Waals surface area contributed by atoms with Gasteiger partial charge in [-0.15, -0.1) is 0 Å². The molecule has 0 aromatic heterocycles. The van der Waals surface area contributed by atoms with Gasteiger partial charge in [0.05, 0.1) is 12.5 Å². The maximum Gasteiger partial charge on any atom is 0.241 e. The van der Waals surface area contributed by atoms with Gasteiger partial charge in [-0.2, -0.15) is 0 Å². The van der Waals surface area contributed by atoms with E-state index in [1.54, 1.807) is 24.3 Å². The zero-order valence-corrected chi connectivity index (χ0v) is 11.2. The number of unbranched alkanes of at least 4 members (excludes halogenated alkanes) is 1. The molecule has 1 rings (SSSR count). The van der Waals surface area contributed by atoms with Crippen LogP contribution in [0.4, 0.5) is 5.69 Å². The van der Waals surface area contributed by atoms with E-state index in [2.05, 4.69) is 5.32 Å². The molecule has 0 aliphatic heterocycles. The Hall–Kier alpha value is -1.88. The Morgan fingerprint density at radius 1 is 1.32 bits per heavy atom. The smallest absolute Gasteiger partial charge is 0.241 e. The molecule has 1 aromatic carbocycles. The molecule has 0 saturated heterocycles. The lowest BCUT2D eigenvalue weighted by atomic mass is 10.1. The van der Waals surface area contributed by atoms with Gasteiger partial charge in [0.2, 0.25) is 11.8 Å². The van der Waals surface area contributed by atoms with E-state index in [4.69, 9.17) is 11.5 Å². The molecule has 1 unspecified atom stereocenters. The summed E-state index contributed by atoms with van der Waals surface area (Å²) in [4.78, 5) is 22.9. The van der Waals surface area contributed by atoms with Crippen LogP contribution in [0.2, 0.25) is 0 Å². The third-order valence-electron chi connectivity index (χ3n) is 2.85. The van der Waals surface area contributed by atoms with E-state index >= 15 is 0 Å². The van der Waals surface area contributed by atoms with E-state index in [1.165, 1.54) is 0 Å². The molecular weight excluding hydrogens is 242 g/mol. The van der Waals surface area contributed by atoms with Crippen LogP contribution < -0.4 is 16.8 Å². The van der Waals surface area contributed by atoms with Crippen molar-refractivity contribution >= 4 is 17.5 Å². The van der Waals surface area contributed by atoms with E-state index in [1.807, 2.05) is 6.92 Å². The summed E-state index contributed by atoms with van der Waals surface area (Å²) in [6.45, 7) is 2.05. The fourth-order valence-corrected chi connectivity index (χ4v) is 1.76. The fraction of sp³-hybridized carbons (Fsp3) is 0.429. The summed E-state index contributed by atoms with van der Waals surface area (Å²) in [5, 5.41) is 2.75. The molecule has 0 bridgehead atoms. The van der Waals surface area contributed by atoms with Crippen molar-refractivity contribution in [2.75, 3.05) is 5.32 Å². The summed E-state index contributed by atoms with van der Waals surface area (Å²) in [6, 6.07) is 6.56. The van der Waals surface area contributed by atoms with Crippen LogP contribution in [0.15, 0.2) is 24.3 Å². The molecule has 19 heavy (non-hydrogen) atoms. The zero-order chi connectivity index (χ0) is 14.3. The summed E-state index contributed by atoms with van der Waals surface area (Å²) in [6.07, 6.45) is 2.66. The maximum atomic E-state index is 11.9. The number of nitrogens with one attached hydrogen (secondary N) is 1. The zero-order valence-electron chi connectivity index (χ0n) is 11.2. The number of anilines is 1. The van der Waals surface area contributed by atoms with Crippen molar-refractivity contribution in [2.45, 2.75) is 38.6 Å². The number of nitrogens with two attached hydrogens (primary N) is 2. The van der Waals surface area contributed by atoms with E-state index < -0.39 is 11.9 Å². The van der Waals surface area contributed by atoms with Crippen LogP contribution in [0, 0.1) is 0 Å². The average molecular weight is 263 g/mol. The second-order valence-corrected chi connectivity index (χ2v) is 4.54. The number of amides is 2. The quantitative estimate of drug-likeness (QED) is 0.688. The second kappa shape index (κ2) is 7.53. The fourth-order valence-electron chi connectivity index (χ4n) is 1.76. The van der Waals surface area contributed by atoms with Crippen LogP contribution >= 0.6 is 0 Å². The van der Waals surface area contributed by atoms with E-state index in [9.17, 15) is 9.59 Å². The first-order valence-corrected chi connectivity index (χ1v) is 6.47. The lowest BCUT2D eigenvalue weighted by molar-refractivity contribution is -0.118. The molecule has 0 fully saturated rings. The van der Waals surface area contributed by atoms with Crippen molar-refractivity contribution in [1.29, 1.82) is 0 Å². The first-order chi connectivity index (χ1) is 9.04. The molecule has 2 amide bonds. The molecule has 0 saturated carbocycles. The van der Waals surface area contributed by atoms with Gasteiger partial charge < -0.3 is 16.8 Å². The highest BCUT2D eigenvalue weighted by Crippen LogP contribution is 2.16. The second-order valence-electron chi connectivity index (χ2n) is 4.54. The molecule has 1 atom stereocenters. The third kappa shape index (κ3) is 5.09. The molecule has 1 aromatic rings. The van der Waals surface area contributed by atoms with Crippen molar-refractivity contribution < 1.29 is 9.59 Å². The standard InChI is InChI=1S/C14H21N3O2/c1-2-3-7-11(15)14(19)17-12-8-5-4-6-10(12)9-13(16)18/h4-6,8,11H,2-3,7,9,15H2,1H3,(H2,16,18)(H,17,19). The molecule has 0 heterocycles. The summed E-state index contributed by atoms with van der Waals surface area (Å²) in [5.41, 5.74) is 12.3. The monoisotopic (exact) mass is 263 g/mol. The normalized spacial score (nSPS) is 11.9. The van der Waals surface area contributed by atoms with Crippen LogP contribution in [0.1, 0.15) is 31.7 Å². The summed E-state index contributed by atoms with van der Waals surface area (Å²) in [5.74, 6) is -0.664. The van der Waals surface area contributed by atoms with Gasteiger partial charge in [-0.05, 0) is 18.1 Å². The lowest BCUT2D eigenvalue weighted by Gasteiger charge is -2.14. The Bertz CT molecular complexity index is 446. The molecule has 104 valence electrons. The number of primary amides is 1. The van der Waals surface area contributed by atoms with Crippen LogP contribution in [0.3, 0.4) is 0 Å². The molecule has 5 nitrogen and oxygen atoms in total. The lowest BCUT2D eigenvalue weighted by Crippen LogP contribution is -2.35. The van der Waals surface area contributed by atoms with Crippen molar-refractivity contribution in [2.24, 2.45) is 11.5 Å². The SMILES string of the molecule is CCCCC(N)C(=O)Nc1ccccc1CC(N)=O. The average Bonchev–Trinajstić information content (AvgIpc) is 2.37. The van der Waals surface area contributed by atoms with Crippen LogP contribution in [-0.4, -0.2) is 17.9 Å². The Balaban J connectivity index is 2.70. The summed E-state index contributed by atoms with van der Waals surface area (Å²) >= 11 is 0. The molecule has 0 spiro atoms. The molecule has 5 heteroatoms. The topological polar surface area (TPSA) is 98.2 Å². The Morgan fingerprint density at radius 2 is 2.00 bits per heavy atom. The minimum absolute atomic E-state index is 0.0979. The Labute approximate surface area is 113 Å². The maximum absolute atomic E-state index is 11.9. The van der Waals surface area contributed by atoms with E-state index in [0.717, 1.165) is 12.8 Å². The van der Waals surface area contributed by atoms with Gasteiger partial charge in [0.25, 0.3) is 0 Å². The number of hydrogen-bond acceptors (Lipinski definition) is 3. The highest BCUT2D eigenvalue weighted by atomic mass is 16.2. The van der Waals surface area contributed by atoms with E-state index in [-0.39, 0.29) is 12.3 Å². The predicted octanol–water partition coefficient (Wildman–Crippen LogP) is 1.17. The van der Waals surface area contributed by atoms with Gasteiger partial charge in [0, 0.05) is 5.69 Å². The van der Waals surface area contributed by atoms with Gasteiger partial charge >= 0.3 is 0 Å². The van der Waals surface area contributed by atoms with Gasteiger partial charge in [0.15, 0.2) is 0 Å². The van der Waals surface area contributed by atoms with Crippen molar-refractivity contribution in [3.63, 3.8) is 0 Å². The number of benzene rings is 1. The number of carbonyl (C=O) groups excluding carboxylic acids is 2. The Morgan fingerprint density at radius 3 is 2.63 bits per heavy atom. The van der Waals surface area contributed by atoms with Crippen molar-refractivity contribution in [1.82, 2.24) is 0 Å². The molecule has 5 N–H and O–H groups in total. The molecule has 0 aliphatic carbocycles. The minimum Gasteiger partial charge on any atom is -0.369 e. The van der Waals surface area contributed by atoms with Crippen LogP contribution in [-0.2, 0) is 16.0 Å². The number of carbonyl (C=O) groups is 2. The van der Waals surface area contributed by atoms with E-state index in [0.29, 0.717) is 17.7 Å². The molecule has 0 radical (unpaired) electrons. The van der Waals surface area contributed by atoms with Gasteiger partial charge in [-0.3, -0.25) is 9.59 Å². The van der Waals surface area contributed by atoms with Gasteiger partial charge in [-0.25, -0.2) is 0 Å². The first kappa shape index (κ1) is 15.2. The summed E-state index contributed by atoms with van der Waals surface area (Å²) in [7, 11) is 0. The highest BCUT2D eigenvalue weighted by molar-refractivity contribution is 5.96.